The number of furan rings is 1. The highest BCUT2D eigenvalue weighted by molar-refractivity contribution is 5.44. The fraction of sp³-hybridized carbons (Fsp3) is 0.276. The number of hydrogen-bond acceptors (Lipinski definition) is 5. The van der Waals surface area contributed by atoms with Gasteiger partial charge in [-0.15, -0.1) is 6.58 Å². The van der Waals surface area contributed by atoms with Crippen molar-refractivity contribution in [3.8, 4) is 17.3 Å². The molecule has 2 heterocycles. The van der Waals surface area contributed by atoms with Gasteiger partial charge in [-0.3, -0.25) is 4.90 Å². The van der Waals surface area contributed by atoms with Gasteiger partial charge in [-0.2, -0.15) is 5.10 Å². The third kappa shape index (κ3) is 6.50. The van der Waals surface area contributed by atoms with Gasteiger partial charge in [-0.05, 0) is 67.8 Å². The van der Waals surface area contributed by atoms with Crippen molar-refractivity contribution < 1.29 is 18.7 Å². The molecule has 1 atom stereocenters. The minimum atomic E-state index is -0.520. The van der Waals surface area contributed by atoms with Gasteiger partial charge in [0.25, 0.3) is 0 Å². The third-order valence-corrected chi connectivity index (χ3v) is 5.90. The zero-order chi connectivity index (χ0) is 25.3. The largest absolute Gasteiger partial charge is 0.468 e. The van der Waals surface area contributed by atoms with Gasteiger partial charge in [0.05, 0.1) is 35.9 Å². The summed E-state index contributed by atoms with van der Waals surface area (Å²) in [7, 11) is 0. The monoisotopic (exact) mass is 489 g/mol. The maximum atomic E-state index is 13.7. The van der Waals surface area contributed by atoms with Crippen LogP contribution in [0.15, 0.2) is 90.1 Å². The summed E-state index contributed by atoms with van der Waals surface area (Å²) < 4.78 is 27.4. The van der Waals surface area contributed by atoms with Crippen LogP contribution in [-0.4, -0.2) is 32.4 Å². The first kappa shape index (κ1) is 25.4. The van der Waals surface area contributed by atoms with Gasteiger partial charge in [-0.1, -0.05) is 31.2 Å². The fourth-order valence-electron chi connectivity index (χ4n) is 4.11. The van der Waals surface area contributed by atoms with Crippen LogP contribution in [0.1, 0.15) is 36.8 Å². The first-order valence-electron chi connectivity index (χ1n) is 12.2. The van der Waals surface area contributed by atoms with Crippen LogP contribution < -0.4 is 4.74 Å². The Kier molecular flexibility index (Phi) is 8.71. The average molecular weight is 490 g/mol. The number of aryl methyl sites for hydroxylation is 1. The molecule has 0 aliphatic carbocycles. The summed E-state index contributed by atoms with van der Waals surface area (Å²) in [5.74, 6) is 1.73. The number of aliphatic hydroxyl groups excluding tert-OH is 1. The van der Waals surface area contributed by atoms with Crippen LogP contribution in [0, 0.1) is 5.82 Å². The molecular formula is C29H32FN3O3. The standard InChI is InChI=1S/C29H32FN3O3/c1-3-5-10-24(34)19-32(20-26-13-9-18-35-26)21-27-28(4-2)31-33(23-16-14-22(30)15-17-23)29(27)36-25-11-7-6-8-12-25/h3,6-9,11-18,24,34H,1,4-5,10,19-21H2,2H3. The average Bonchev–Trinajstić information content (AvgIpc) is 3.52. The first-order chi connectivity index (χ1) is 17.6. The second-order valence-corrected chi connectivity index (χ2v) is 8.66. The molecule has 1 unspecified atom stereocenters. The molecule has 0 spiro atoms. The van der Waals surface area contributed by atoms with E-state index in [1.165, 1.54) is 12.1 Å². The molecule has 0 radical (unpaired) electrons. The van der Waals surface area contributed by atoms with Crippen molar-refractivity contribution in [2.24, 2.45) is 0 Å². The summed E-state index contributed by atoms with van der Waals surface area (Å²) >= 11 is 0. The number of aliphatic hydroxyl groups is 1. The number of nitrogens with zero attached hydrogens (tertiary/aromatic N) is 3. The topological polar surface area (TPSA) is 63.7 Å². The van der Waals surface area contributed by atoms with Crippen molar-refractivity contribution >= 4 is 0 Å². The summed E-state index contributed by atoms with van der Waals surface area (Å²) in [6.45, 7) is 7.26. The van der Waals surface area contributed by atoms with Crippen molar-refractivity contribution in [2.75, 3.05) is 6.54 Å². The Hall–Kier alpha value is -3.68. The lowest BCUT2D eigenvalue weighted by Crippen LogP contribution is -2.32. The Bertz CT molecular complexity index is 1220. The zero-order valence-electron chi connectivity index (χ0n) is 20.5. The van der Waals surface area contributed by atoms with Gasteiger partial charge in [0, 0.05) is 13.1 Å². The van der Waals surface area contributed by atoms with E-state index in [0.717, 1.165) is 23.4 Å². The van der Waals surface area contributed by atoms with Gasteiger partial charge in [0.15, 0.2) is 0 Å². The van der Waals surface area contributed by atoms with E-state index in [9.17, 15) is 9.50 Å². The predicted molar refractivity (Wildman–Crippen MR) is 138 cm³/mol. The highest BCUT2D eigenvalue weighted by atomic mass is 19.1. The molecule has 4 rings (SSSR count). The Morgan fingerprint density at radius 1 is 1.11 bits per heavy atom. The molecule has 1 N–H and O–H groups in total. The van der Waals surface area contributed by atoms with Gasteiger partial charge < -0.3 is 14.3 Å². The van der Waals surface area contributed by atoms with Crippen molar-refractivity contribution in [1.82, 2.24) is 14.7 Å². The van der Waals surface area contributed by atoms with E-state index in [4.69, 9.17) is 14.3 Å². The number of rotatable bonds is 13. The van der Waals surface area contributed by atoms with Gasteiger partial charge >= 0.3 is 0 Å². The molecule has 7 heteroatoms. The molecule has 0 saturated carbocycles. The number of ether oxygens (including phenoxy) is 1. The van der Waals surface area contributed by atoms with E-state index in [2.05, 4.69) is 11.5 Å². The van der Waals surface area contributed by atoms with Crippen LogP contribution in [-0.2, 0) is 19.5 Å². The Labute approximate surface area is 211 Å². The zero-order valence-corrected chi connectivity index (χ0v) is 20.5. The summed E-state index contributed by atoms with van der Waals surface area (Å²) in [6, 6.07) is 19.5. The Morgan fingerprint density at radius 3 is 2.56 bits per heavy atom. The molecule has 0 fully saturated rings. The lowest BCUT2D eigenvalue weighted by Gasteiger charge is -2.24. The molecule has 0 saturated heterocycles. The van der Waals surface area contributed by atoms with Crippen LogP contribution in [0.25, 0.3) is 5.69 Å². The van der Waals surface area contributed by atoms with Gasteiger partial charge in [-0.25, -0.2) is 9.07 Å². The molecule has 0 amide bonds. The van der Waals surface area contributed by atoms with E-state index in [1.54, 1.807) is 23.1 Å². The lowest BCUT2D eigenvalue weighted by atomic mass is 10.1. The second kappa shape index (κ2) is 12.3. The van der Waals surface area contributed by atoms with Crippen LogP contribution >= 0.6 is 0 Å². The number of para-hydroxylation sites is 1. The minimum Gasteiger partial charge on any atom is -0.468 e. The van der Waals surface area contributed by atoms with Crippen LogP contribution in [0.3, 0.4) is 0 Å². The third-order valence-electron chi connectivity index (χ3n) is 5.90. The molecule has 36 heavy (non-hydrogen) atoms. The maximum Gasteiger partial charge on any atom is 0.227 e. The molecule has 188 valence electrons. The van der Waals surface area contributed by atoms with Crippen molar-refractivity contribution in [1.29, 1.82) is 0 Å². The molecule has 2 aromatic heterocycles. The summed E-state index contributed by atoms with van der Waals surface area (Å²) in [6.07, 6.45) is 4.99. The van der Waals surface area contributed by atoms with Crippen LogP contribution in [0.2, 0.25) is 0 Å². The minimum absolute atomic E-state index is 0.314. The highest BCUT2D eigenvalue weighted by Gasteiger charge is 2.24. The Balaban J connectivity index is 1.73. The molecule has 4 aromatic rings. The molecule has 0 bridgehead atoms. The first-order valence-corrected chi connectivity index (χ1v) is 12.2. The predicted octanol–water partition coefficient (Wildman–Crippen LogP) is 6.29. The van der Waals surface area contributed by atoms with E-state index >= 15 is 0 Å². The van der Waals surface area contributed by atoms with E-state index in [0.29, 0.717) is 49.8 Å². The van der Waals surface area contributed by atoms with E-state index in [-0.39, 0.29) is 5.82 Å². The molecule has 6 nitrogen and oxygen atoms in total. The van der Waals surface area contributed by atoms with Crippen molar-refractivity contribution in [3.05, 3.63) is 108 Å². The van der Waals surface area contributed by atoms with Crippen molar-refractivity contribution in [3.63, 3.8) is 0 Å². The molecule has 2 aromatic carbocycles. The second-order valence-electron chi connectivity index (χ2n) is 8.66. The van der Waals surface area contributed by atoms with Crippen LogP contribution in [0.5, 0.6) is 11.6 Å². The normalized spacial score (nSPS) is 12.1. The fourth-order valence-corrected chi connectivity index (χ4v) is 4.11. The number of allylic oxidation sites excluding steroid dienone is 1. The number of benzene rings is 2. The van der Waals surface area contributed by atoms with E-state index < -0.39 is 6.10 Å². The molecule has 0 aliphatic heterocycles. The summed E-state index contributed by atoms with van der Waals surface area (Å²) in [5.41, 5.74) is 2.48. The number of hydrogen-bond donors (Lipinski definition) is 1. The quantitative estimate of drug-likeness (QED) is 0.224. The molecular weight excluding hydrogens is 457 g/mol. The lowest BCUT2D eigenvalue weighted by molar-refractivity contribution is 0.0939. The van der Waals surface area contributed by atoms with Crippen molar-refractivity contribution in [2.45, 2.75) is 45.4 Å². The maximum absolute atomic E-state index is 13.7. The number of aromatic nitrogens is 2. The van der Waals surface area contributed by atoms with Gasteiger partial charge in [0.1, 0.15) is 17.3 Å². The summed E-state index contributed by atoms with van der Waals surface area (Å²) in [5, 5.41) is 15.5. The SMILES string of the molecule is C=CCCC(O)CN(Cc1ccco1)Cc1c(CC)nn(-c2ccc(F)cc2)c1Oc1ccccc1. The molecule has 0 aliphatic rings. The number of halogens is 1. The van der Waals surface area contributed by atoms with Crippen LogP contribution in [0.4, 0.5) is 4.39 Å². The summed E-state index contributed by atoms with van der Waals surface area (Å²) in [4.78, 5) is 2.13. The smallest absolute Gasteiger partial charge is 0.227 e. The van der Waals surface area contributed by atoms with Gasteiger partial charge in [0.2, 0.25) is 5.88 Å². The highest BCUT2D eigenvalue weighted by Crippen LogP contribution is 2.32. The van der Waals surface area contributed by atoms with E-state index in [1.807, 2.05) is 55.5 Å². The Morgan fingerprint density at radius 2 is 1.89 bits per heavy atom.